The first-order valence-electron chi connectivity index (χ1n) is 3.49. The second-order valence-corrected chi connectivity index (χ2v) is 3.38. The maximum absolute atomic E-state index is 5.90. The predicted octanol–water partition coefficient (Wildman–Crippen LogP) is 2.22. The minimum Gasteiger partial charge on any atom is -0.312 e. The molecule has 0 radical (unpaired) electrons. The van der Waals surface area contributed by atoms with Gasteiger partial charge in [0.25, 0.3) is 0 Å². The summed E-state index contributed by atoms with van der Waals surface area (Å²) in [6, 6.07) is 3.63. The molecule has 0 saturated carbocycles. The van der Waals surface area contributed by atoms with Gasteiger partial charge in [-0.25, -0.2) is 0 Å². The molecule has 1 aromatic carbocycles. The summed E-state index contributed by atoms with van der Waals surface area (Å²) in [5.41, 5.74) is 12.5. The summed E-state index contributed by atoms with van der Waals surface area (Å²) in [4.78, 5) is 0. The summed E-state index contributed by atoms with van der Waals surface area (Å²) >= 11 is 11.8. The molecule has 66 valence electrons. The molecule has 0 heterocycles. The van der Waals surface area contributed by atoms with E-state index in [1.165, 1.54) is 0 Å². The van der Waals surface area contributed by atoms with Crippen LogP contribution in [-0.2, 0) is 0 Å². The lowest BCUT2D eigenvalue weighted by Crippen LogP contribution is -2.20. The topological polar surface area (TPSA) is 52.0 Å². The molecule has 4 heteroatoms. The molecular weight excluding hydrogens is 195 g/mol. The fourth-order valence-electron chi connectivity index (χ4n) is 0.918. The maximum atomic E-state index is 5.90. The molecule has 12 heavy (non-hydrogen) atoms. The fraction of sp³-hybridized carbons (Fsp3) is 0.250. The molecule has 0 saturated heterocycles. The number of hydrogen-bond donors (Lipinski definition) is 2. The Hall–Kier alpha value is -0.280. The van der Waals surface area contributed by atoms with E-state index in [1.807, 2.05) is 13.0 Å². The molecule has 0 spiro atoms. The Bertz CT molecular complexity index is 297. The first-order valence-corrected chi connectivity index (χ1v) is 4.25. The molecule has 0 amide bonds. The van der Waals surface area contributed by atoms with Gasteiger partial charge < -0.3 is 11.5 Å². The van der Waals surface area contributed by atoms with Crippen LogP contribution in [-0.4, -0.2) is 0 Å². The first-order chi connectivity index (χ1) is 5.54. The van der Waals surface area contributed by atoms with Crippen LogP contribution in [0.3, 0.4) is 0 Å². The van der Waals surface area contributed by atoms with Crippen LogP contribution in [0.25, 0.3) is 0 Å². The third-order valence-corrected chi connectivity index (χ3v) is 2.66. The van der Waals surface area contributed by atoms with Gasteiger partial charge in [-0.15, -0.1) is 0 Å². The normalized spacial score (nSPS) is 10.8. The third kappa shape index (κ3) is 1.72. The van der Waals surface area contributed by atoms with Crippen LogP contribution < -0.4 is 11.5 Å². The molecule has 0 unspecified atom stereocenters. The zero-order valence-corrected chi connectivity index (χ0v) is 8.15. The van der Waals surface area contributed by atoms with Gasteiger partial charge in [-0.3, -0.25) is 0 Å². The van der Waals surface area contributed by atoms with E-state index in [1.54, 1.807) is 6.07 Å². The molecule has 1 aromatic rings. The van der Waals surface area contributed by atoms with Crippen LogP contribution in [0.5, 0.6) is 0 Å². The smallest absolute Gasteiger partial charge is 0.0799 e. The minimum absolute atomic E-state index is 0.451. The number of rotatable bonds is 1. The number of nitrogens with two attached hydrogens (primary N) is 2. The van der Waals surface area contributed by atoms with E-state index in [0.29, 0.717) is 15.6 Å². The van der Waals surface area contributed by atoms with Gasteiger partial charge in [0.2, 0.25) is 0 Å². The summed E-state index contributed by atoms with van der Waals surface area (Å²) in [7, 11) is 0. The van der Waals surface area contributed by atoms with Gasteiger partial charge in [-0.2, -0.15) is 0 Å². The number of hydrogen-bond acceptors (Lipinski definition) is 2. The molecule has 0 aliphatic carbocycles. The van der Waals surface area contributed by atoms with Crippen molar-refractivity contribution in [2.24, 2.45) is 11.5 Å². The van der Waals surface area contributed by atoms with Crippen LogP contribution in [0.15, 0.2) is 12.1 Å². The van der Waals surface area contributed by atoms with Gasteiger partial charge >= 0.3 is 0 Å². The highest BCUT2D eigenvalue weighted by molar-refractivity contribution is 6.43. The lowest BCUT2D eigenvalue weighted by molar-refractivity contribution is 0.774. The van der Waals surface area contributed by atoms with E-state index in [0.717, 1.165) is 5.56 Å². The zero-order valence-electron chi connectivity index (χ0n) is 6.64. The van der Waals surface area contributed by atoms with Crippen molar-refractivity contribution in [1.29, 1.82) is 0 Å². The average molecular weight is 205 g/mol. The Labute approximate surface area is 81.4 Å². The maximum Gasteiger partial charge on any atom is 0.0799 e. The lowest BCUT2D eigenvalue weighted by atomic mass is 10.1. The highest BCUT2D eigenvalue weighted by Crippen LogP contribution is 2.30. The minimum atomic E-state index is -0.574. The highest BCUT2D eigenvalue weighted by atomic mass is 35.5. The summed E-state index contributed by atoms with van der Waals surface area (Å²) in [5, 5.41) is 0.974. The summed E-state index contributed by atoms with van der Waals surface area (Å²) < 4.78 is 0. The van der Waals surface area contributed by atoms with Gasteiger partial charge in [0.05, 0.1) is 16.2 Å². The van der Waals surface area contributed by atoms with E-state index in [2.05, 4.69) is 0 Å². The third-order valence-electron chi connectivity index (χ3n) is 1.66. The Morgan fingerprint density at radius 3 is 2.25 bits per heavy atom. The van der Waals surface area contributed by atoms with Crippen molar-refractivity contribution < 1.29 is 0 Å². The molecular formula is C8H10Cl2N2. The van der Waals surface area contributed by atoms with E-state index in [9.17, 15) is 0 Å². The Balaban J connectivity index is 3.27. The predicted molar refractivity (Wildman–Crippen MR) is 52.3 cm³/mol. The van der Waals surface area contributed by atoms with Crippen molar-refractivity contribution in [3.05, 3.63) is 33.3 Å². The fourth-order valence-corrected chi connectivity index (χ4v) is 1.43. The van der Waals surface area contributed by atoms with Crippen LogP contribution in [0.4, 0.5) is 0 Å². The lowest BCUT2D eigenvalue weighted by Gasteiger charge is -2.10. The molecule has 0 aliphatic heterocycles. The largest absolute Gasteiger partial charge is 0.312 e. The summed E-state index contributed by atoms with van der Waals surface area (Å²) in [6.07, 6.45) is -0.574. The van der Waals surface area contributed by atoms with Crippen molar-refractivity contribution in [2.45, 2.75) is 13.1 Å². The molecule has 1 rings (SSSR count). The van der Waals surface area contributed by atoms with Gasteiger partial charge in [0.15, 0.2) is 0 Å². The van der Waals surface area contributed by atoms with Crippen molar-refractivity contribution >= 4 is 23.2 Å². The zero-order chi connectivity index (χ0) is 9.30. The molecule has 0 fully saturated rings. The SMILES string of the molecule is Cc1ccc(C(N)N)c(Cl)c1Cl. The van der Waals surface area contributed by atoms with Gasteiger partial charge in [-0.1, -0.05) is 35.3 Å². The van der Waals surface area contributed by atoms with Crippen molar-refractivity contribution in [3.8, 4) is 0 Å². The molecule has 2 nitrogen and oxygen atoms in total. The monoisotopic (exact) mass is 204 g/mol. The molecule has 0 aromatic heterocycles. The summed E-state index contributed by atoms with van der Waals surface area (Å²) in [5.74, 6) is 0. The average Bonchev–Trinajstić information content (AvgIpc) is 2.00. The van der Waals surface area contributed by atoms with E-state index in [-0.39, 0.29) is 0 Å². The van der Waals surface area contributed by atoms with Gasteiger partial charge in [-0.05, 0) is 12.5 Å². The quantitative estimate of drug-likeness (QED) is 0.690. The molecule has 0 aliphatic rings. The Kier molecular flexibility index (Phi) is 2.96. The molecule has 4 N–H and O–H groups in total. The molecule has 0 atom stereocenters. The van der Waals surface area contributed by atoms with E-state index in [4.69, 9.17) is 34.7 Å². The van der Waals surface area contributed by atoms with E-state index < -0.39 is 6.17 Å². The van der Waals surface area contributed by atoms with Crippen molar-refractivity contribution in [2.75, 3.05) is 0 Å². The van der Waals surface area contributed by atoms with Gasteiger partial charge in [0.1, 0.15) is 0 Å². The summed E-state index contributed by atoms with van der Waals surface area (Å²) in [6.45, 7) is 1.88. The number of halogens is 2. The van der Waals surface area contributed by atoms with Crippen LogP contribution >= 0.6 is 23.2 Å². The second kappa shape index (κ2) is 3.62. The van der Waals surface area contributed by atoms with Gasteiger partial charge in [0, 0.05) is 5.56 Å². The van der Waals surface area contributed by atoms with E-state index >= 15 is 0 Å². The molecule has 0 bridgehead atoms. The van der Waals surface area contributed by atoms with Crippen molar-refractivity contribution in [3.63, 3.8) is 0 Å². The Morgan fingerprint density at radius 2 is 1.75 bits per heavy atom. The van der Waals surface area contributed by atoms with Crippen molar-refractivity contribution in [1.82, 2.24) is 0 Å². The number of aryl methyl sites for hydroxylation is 1. The first kappa shape index (κ1) is 9.81. The standard InChI is InChI=1S/C8H10Cl2N2/c1-4-2-3-5(8(11)12)7(10)6(4)9/h2-3,8H,11-12H2,1H3. The number of benzene rings is 1. The van der Waals surface area contributed by atoms with Crippen LogP contribution in [0.1, 0.15) is 17.3 Å². The highest BCUT2D eigenvalue weighted by Gasteiger charge is 2.10. The van der Waals surface area contributed by atoms with Crippen LogP contribution in [0, 0.1) is 6.92 Å². The van der Waals surface area contributed by atoms with Crippen LogP contribution in [0.2, 0.25) is 10.0 Å². The Morgan fingerprint density at radius 1 is 1.17 bits per heavy atom. The second-order valence-electron chi connectivity index (χ2n) is 2.63.